The number of hydrogen-bond donors (Lipinski definition) is 3. The Morgan fingerprint density at radius 2 is 1.61 bits per heavy atom. The monoisotopic (exact) mass is 530 g/mol. The average molecular weight is 531 g/mol. The highest BCUT2D eigenvalue weighted by molar-refractivity contribution is 6.05. The van der Waals surface area contributed by atoms with Gasteiger partial charge in [0.05, 0.1) is 24.4 Å². The van der Waals surface area contributed by atoms with Gasteiger partial charge >= 0.3 is 12.1 Å². The van der Waals surface area contributed by atoms with E-state index in [0.29, 0.717) is 30.7 Å². The van der Waals surface area contributed by atoms with Gasteiger partial charge < -0.3 is 29.7 Å². The Morgan fingerprint density at radius 1 is 1.03 bits per heavy atom. The highest BCUT2D eigenvalue weighted by Crippen LogP contribution is 2.24. The summed E-state index contributed by atoms with van der Waals surface area (Å²) in [4.78, 5) is 27.1. The van der Waals surface area contributed by atoms with Crippen LogP contribution >= 0.6 is 0 Å². The van der Waals surface area contributed by atoms with Crippen molar-refractivity contribution in [1.29, 1.82) is 0 Å². The van der Waals surface area contributed by atoms with Crippen LogP contribution < -0.4 is 10.6 Å². The summed E-state index contributed by atoms with van der Waals surface area (Å²) >= 11 is 0. The number of carbonyl (C=O) groups is 2. The number of amides is 4. The minimum absolute atomic E-state index is 0.261. The number of aromatic nitrogens is 1. The molecule has 1 aliphatic rings. The second-order valence-electron chi connectivity index (χ2n) is 8.85. The van der Waals surface area contributed by atoms with Gasteiger partial charge in [-0.1, -0.05) is 5.16 Å². The van der Waals surface area contributed by atoms with Gasteiger partial charge in [0.15, 0.2) is 5.76 Å². The van der Waals surface area contributed by atoms with E-state index in [-0.39, 0.29) is 30.6 Å². The summed E-state index contributed by atoms with van der Waals surface area (Å²) in [7, 11) is 1.54. The van der Waals surface area contributed by atoms with Crippen LogP contribution in [0.2, 0.25) is 0 Å². The fourth-order valence-corrected chi connectivity index (χ4v) is 4.05. The average Bonchev–Trinajstić information content (AvgIpc) is 3.33. The number of aliphatic hydroxyl groups excluding tert-OH is 1. The Labute approximate surface area is 217 Å². The third-order valence-electron chi connectivity index (χ3n) is 5.96. The van der Waals surface area contributed by atoms with E-state index < -0.39 is 35.9 Å². The zero-order valence-corrected chi connectivity index (χ0v) is 20.6. The second kappa shape index (κ2) is 12.6. The Balaban J connectivity index is 1.47. The van der Waals surface area contributed by atoms with Crippen LogP contribution in [0.3, 0.4) is 0 Å². The molecule has 0 radical (unpaired) electrons. The van der Waals surface area contributed by atoms with Crippen molar-refractivity contribution < 1.29 is 37.5 Å². The summed E-state index contributed by atoms with van der Waals surface area (Å²) in [5.74, 6) is -0.406. The molecule has 4 rings (SSSR count). The molecule has 1 aromatic heterocycles. The lowest BCUT2D eigenvalue weighted by Crippen LogP contribution is -2.52. The number of nitrogens with zero attached hydrogens (tertiary/aromatic N) is 2. The number of urea groups is 2. The summed E-state index contributed by atoms with van der Waals surface area (Å²) in [6, 6.07) is 10.2. The number of benzene rings is 2. The molecule has 3 atom stereocenters. The molecule has 12 heteroatoms. The van der Waals surface area contributed by atoms with Gasteiger partial charge in [0.25, 0.3) is 0 Å². The number of imide groups is 1. The van der Waals surface area contributed by atoms with E-state index in [9.17, 15) is 23.5 Å². The molecule has 3 aromatic rings. The molecule has 2 heterocycles. The SMILES string of the molecule is COCc1cc(C[C@@H]2CC[C@H](O)[C@@H](CN(C(=O)Nc3ccc(F)cc3)C(=O)Nc3ccc(F)cc3)O2)no1. The number of anilines is 2. The lowest BCUT2D eigenvalue weighted by molar-refractivity contribution is -0.119. The molecule has 0 spiro atoms. The van der Waals surface area contributed by atoms with Crippen molar-refractivity contribution in [3.05, 3.63) is 77.7 Å². The molecule has 0 aliphatic carbocycles. The third-order valence-corrected chi connectivity index (χ3v) is 5.96. The van der Waals surface area contributed by atoms with Crippen molar-refractivity contribution in [1.82, 2.24) is 10.1 Å². The highest BCUT2D eigenvalue weighted by Gasteiger charge is 2.35. The van der Waals surface area contributed by atoms with Crippen LogP contribution in [-0.4, -0.2) is 59.2 Å². The molecule has 0 unspecified atom stereocenters. The Morgan fingerprint density at radius 3 is 2.16 bits per heavy atom. The minimum Gasteiger partial charge on any atom is -0.390 e. The van der Waals surface area contributed by atoms with Crippen molar-refractivity contribution in [2.45, 2.75) is 44.2 Å². The van der Waals surface area contributed by atoms with E-state index in [1.165, 1.54) is 48.5 Å². The number of carbonyl (C=O) groups excluding carboxylic acids is 2. The molecule has 10 nitrogen and oxygen atoms in total. The third kappa shape index (κ3) is 7.34. The highest BCUT2D eigenvalue weighted by atomic mass is 19.1. The molecule has 38 heavy (non-hydrogen) atoms. The summed E-state index contributed by atoms with van der Waals surface area (Å²) in [6.07, 6.45) is -0.853. The maximum Gasteiger partial charge on any atom is 0.330 e. The molecule has 1 saturated heterocycles. The van der Waals surface area contributed by atoms with E-state index in [2.05, 4.69) is 15.8 Å². The zero-order chi connectivity index (χ0) is 27.1. The summed E-state index contributed by atoms with van der Waals surface area (Å²) < 4.78 is 42.9. The predicted octanol–water partition coefficient (Wildman–Crippen LogP) is 4.32. The molecule has 3 N–H and O–H groups in total. The molecule has 1 fully saturated rings. The van der Waals surface area contributed by atoms with E-state index in [1.807, 2.05) is 0 Å². The van der Waals surface area contributed by atoms with E-state index in [4.69, 9.17) is 14.0 Å². The predicted molar refractivity (Wildman–Crippen MR) is 132 cm³/mol. The van der Waals surface area contributed by atoms with E-state index >= 15 is 0 Å². The number of methoxy groups -OCH3 is 1. The minimum atomic E-state index is -0.938. The smallest absolute Gasteiger partial charge is 0.330 e. The van der Waals surface area contributed by atoms with Crippen molar-refractivity contribution in [2.24, 2.45) is 0 Å². The van der Waals surface area contributed by atoms with Crippen LogP contribution in [0.1, 0.15) is 24.3 Å². The number of aliphatic hydroxyl groups is 1. The first kappa shape index (κ1) is 27.2. The Kier molecular flexibility index (Phi) is 9.00. The molecule has 0 bridgehead atoms. The van der Waals surface area contributed by atoms with Gasteiger partial charge in [-0.2, -0.15) is 0 Å². The Hall–Kier alpha value is -3.87. The lowest BCUT2D eigenvalue weighted by Gasteiger charge is -2.36. The van der Waals surface area contributed by atoms with Gasteiger partial charge in [-0.15, -0.1) is 0 Å². The van der Waals surface area contributed by atoms with Crippen molar-refractivity contribution >= 4 is 23.4 Å². The van der Waals surface area contributed by atoms with E-state index in [0.717, 1.165) is 4.90 Å². The number of ether oxygens (including phenoxy) is 2. The molecule has 2 aromatic carbocycles. The van der Waals surface area contributed by atoms with Crippen molar-refractivity contribution in [3.8, 4) is 0 Å². The first-order valence-electron chi connectivity index (χ1n) is 12.0. The van der Waals surface area contributed by atoms with Crippen LogP contribution in [-0.2, 0) is 22.5 Å². The first-order valence-corrected chi connectivity index (χ1v) is 12.0. The van der Waals surface area contributed by atoms with Crippen molar-refractivity contribution in [2.75, 3.05) is 24.3 Å². The summed E-state index contributed by atoms with van der Waals surface area (Å²) in [6.45, 7) is -0.00732. The molecular weight excluding hydrogens is 502 g/mol. The number of nitrogens with one attached hydrogen (secondary N) is 2. The maximum atomic E-state index is 13.3. The van der Waals surface area contributed by atoms with Gasteiger partial charge in [-0.25, -0.2) is 23.3 Å². The van der Waals surface area contributed by atoms with Gasteiger partial charge in [0, 0.05) is 31.0 Å². The Bertz CT molecular complexity index is 1160. The van der Waals surface area contributed by atoms with Gasteiger partial charge in [0.2, 0.25) is 0 Å². The zero-order valence-electron chi connectivity index (χ0n) is 20.6. The molecular formula is C26H28F2N4O6. The van der Waals surface area contributed by atoms with E-state index in [1.54, 1.807) is 13.2 Å². The van der Waals surface area contributed by atoms with Crippen LogP contribution in [0.5, 0.6) is 0 Å². The number of halogens is 2. The fourth-order valence-electron chi connectivity index (χ4n) is 4.05. The molecule has 1 aliphatic heterocycles. The van der Waals surface area contributed by atoms with Crippen molar-refractivity contribution in [3.63, 3.8) is 0 Å². The molecule has 0 saturated carbocycles. The normalized spacial score (nSPS) is 19.1. The van der Waals surface area contributed by atoms with Crippen LogP contribution in [0.4, 0.5) is 29.7 Å². The second-order valence-corrected chi connectivity index (χ2v) is 8.85. The molecule has 202 valence electrons. The topological polar surface area (TPSA) is 126 Å². The number of hydrogen-bond acceptors (Lipinski definition) is 7. The van der Waals surface area contributed by atoms with Crippen LogP contribution in [0.15, 0.2) is 59.1 Å². The standard InChI is InChI=1S/C26H28F2N4O6/c1-36-15-22-13-20(31-38-22)12-21-10-11-23(33)24(37-21)14-32(25(34)29-18-6-2-16(27)3-7-18)26(35)30-19-8-4-17(28)5-9-19/h2-9,13,21,23-24,33H,10-12,14-15H2,1H3,(H,29,34)(H,30,35)/t21-,23-,24+/m0/s1. The number of rotatable bonds is 8. The summed E-state index contributed by atoms with van der Waals surface area (Å²) in [5.41, 5.74) is 1.17. The van der Waals surface area contributed by atoms with Crippen LogP contribution in [0.25, 0.3) is 0 Å². The van der Waals surface area contributed by atoms with Gasteiger partial charge in [-0.3, -0.25) is 0 Å². The lowest BCUT2D eigenvalue weighted by atomic mass is 9.98. The summed E-state index contributed by atoms with van der Waals surface area (Å²) in [5, 5.41) is 19.7. The maximum absolute atomic E-state index is 13.3. The van der Waals surface area contributed by atoms with Crippen LogP contribution in [0, 0.1) is 11.6 Å². The largest absolute Gasteiger partial charge is 0.390 e. The van der Waals surface area contributed by atoms with Gasteiger partial charge in [-0.05, 0) is 61.4 Å². The quantitative estimate of drug-likeness (QED) is 0.396. The first-order chi connectivity index (χ1) is 18.3. The van der Waals surface area contributed by atoms with Gasteiger partial charge in [0.1, 0.15) is 24.3 Å². The molecule has 4 amide bonds. The fraction of sp³-hybridized carbons (Fsp3) is 0.346.